The number of nitrogens with zero attached hydrogens (tertiary/aromatic N) is 1. The topological polar surface area (TPSA) is 77.1 Å². The molecule has 1 saturated heterocycles. The highest BCUT2D eigenvalue weighted by atomic mass is 16.5. The van der Waals surface area contributed by atoms with E-state index in [0.29, 0.717) is 59.1 Å². The van der Waals surface area contributed by atoms with Crippen LogP contribution in [-0.4, -0.2) is 76.5 Å². The minimum absolute atomic E-state index is 0.0547. The van der Waals surface area contributed by atoms with Crippen LogP contribution in [0.25, 0.3) is 0 Å². The summed E-state index contributed by atoms with van der Waals surface area (Å²) in [4.78, 5) is 25.0. The number of Topliss-reactive ketones (excluding diaryl/α,β-unsaturated/α-hetero) is 1. The van der Waals surface area contributed by atoms with Gasteiger partial charge in [0, 0.05) is 45.7 Å². The Morgan fingerprint density at radius 1 is 1.23 bits per heavy atom. The summed E-state index contributed by atoms with van der Waals surface area (Å²) in [5.74, 6) is 0.186. The van der Waals surface area contributed by atoms with E-state index in [1.807, 2.05) is 6.92 Å². The molecule has 128 valence electrons. The third kappa shape index (κ3) is 7.72. The van der Waals surface area contributed by atoms with Crippen molar-refractivity contribution in [3.8, 4) is 0 Å². The van der Waals surface area contributed by atoms with Gasteiger partial charge in [-0.2, -0.15) is 0 Å². The van der Waals surface area contributed by atoms with Gasteiger partial charge in [0.05, 0.1) is 26.4 Å². The van der Waals surface area contributed by atoms with Crippen molar-refractivity contribution in [3.05, 3.63) is 0 Å². The maximum atomic E-state index is 11.9. The molecule has 0 unspecified atom stereocenters. The molecule has 1 aliphatic rings. The predicted octanol–water partition coefficient (Wildman–Crippen LogP) is 0.677. The number of hydrogen-bond acceptors (Lipinski definition) is 5. The number of likely N-dealkylation sites (tertiary alicyclic amines) is 1. The van der Waals surface area contributed by atoms with Crippen LogP contribution >= 0.6 is 0 Å². The van der Waals surface area contributed by atoms with Crippen LogP contribution < -0.4 is 5.32 Å². The second-order valence-electron chi connectivity index (χ2n) is 5.37. The van der Waals surface area contributed by atoms with Gasteiger partial charge in [-0.25, -0.2) is 4.79 Å². The molecule has 1 rings (SSSR count). The number of piperidine rings is 1. The molecular formula is C15H28N2O5. The molecule has 1 atom stereocenters. The van der Waals surface area contributed by atoms with Crippen LogP contribution in [0.3, 0.4) is 0 Å². The van der Waals surface area contributed by atoms with Gasteiger partial charge in [-0.05, 0) is 6.42 Å². The van der Waals surface area contributed by atoms with E-state index in [1.54, 1.807) is 12.0 Å². The van der Waals surface area contributed by atoms with Gasteiger partial charge < -0.3 is 24.4 Å². The zero-order valence-electron chi connectivity index (χ0n) is 13.6. The molecule has 1 fully saturated rings. The van der Waals surface area contributed by atoms with Gasteiger partial charge in [0.15, 0.2) is 0 Å². The fourth-order valence-corrected chi connectivity index (χ4v) is 2.15. The lowest BCUT2D eigenvalue weighted by molar-refractivity contribution is -0.124. The number of methoxy groups -OCH3 is 1. The Bertz CT molecular complexity index is 338. The van der Waals surface area contributed by atoms with Gasteiger partial charge >= 0.3 is 6.03 Å². The number of ether oxygens (including phenoxy) is 3. The van der Waals surface area contributed by atoms with Crippen molar-refractivity contribution in [2.24, 2.45) is 5.92 Å². The number of urea groups is 1. The molecule has 1 aliphatic heterocycles. The van der Waals surface area contributed by atoms with Crippen molar-refractivity contribution < 1.29 is 23.8 Å². The smallest absolute Gasteiger partial charge is 0.317 e. The Balaban J connectivity index is 1.94. The lowest BCUT2D eigenvalue weighted by Crippen LogP contribution is -2.47. The average Bonchev–Trinajstić information content (AvgIpc) is 2.51. The number of ketones is 1. The van der Waals surface area contributed by atoms with E-state index in [9.17, 15) is 9.59 Å². The molecular weight excluding hydrogens is 288 g/mol. The SMILES string of the molecule is COCCOCCOCCCNC(=O)N1CCC(=O)[C@@H](C)C1. The van der Waals surface area contributed by atoms with E-state index >= 15 is 0 Å². The highest BCUT2D eigenvalue weighted by molar-refractivity contribution is 5.84. The van der Waals surface area contributed by atoms with Crippen LogP contribution in [0.15, 0.2) is 0 Å². The van der Waals surface area contributed by atoms with Crippen LogP contribution in [-0.2, 0) is 19.0 Å². The maximum absolute atomic E-state index is 11.9. The van der Waals surface area contributed by atoms with Gasteiger partial charge in [-0.3, -0.25) is 4.79 Å². The minimum Gasteiger partial charge on any atom is -0.382 e. The first kappa shape index (κ1) is 18.9. The van der Waals surface area contributed by atoms with Crippen LogP contribution in [0, 0.1) is 5.92 Å². The van der Waals surface area contributed by atoms with Crippen LogP contribution in [0.5, 0.6) is 0 Å². The molecule has 22 heavy (non-hydrogen) atoms. The van der Waals surface area contributed by atoms with E-state index in [2.05, 4.69) is 5.32 Å². The normalized spacial score (nSPS) is 18.5. The molecule has 0 spiro atoms. The molecule has 0 radical (unpaired) electrons. The van der Waals surface area contributed by atoms with Gasteiger partial charge in [0.2, 0.25) is 0 Å². The molecule has 0 aromatic carbocycles. The van der Waals surface area contributed by atoms with E-state index in [1.165, 1.54) is 0 Å². The predicted molar refractivity (Wildman–Crippen MR) is 81.9 cm³/mol. The Labute approximate surface area is 132 Å². The quantitative estimate of drug-likeness (QED) is 0.600. The van der Waals surface area contributed by atoms with Gasteiger partial charge in [0.1, 0.15) is 5.78 Å². The number of carbonyl (C=O) groups is 2. The summed E-state index contributed by atoms with van der Waals surface area (Å²) >= 11 is 0. The van der Waals surface area contributed by atoms with Crippen molar-refractivity contribution in [1.82, 2.24) is 10.2 Å². The third-order valence-electron chi connectivity index (χ3n) is 3.50. The molecule has 1 heterocycles. The van der Waals surface area contributed by atoms with Crippen molar-refractivity contribution in [3.63, 3.8) is 0 Å². The van der Waals surface area contributed by atoms with Crippen LogP contribution in [0.2, 0.25) is 0 Å². The number of nitrogens with one attached hydrogen (secondary N) is 1. The third-order valence-corrected chi connectivity index (χ3v) is 3.50. The number of carbonyl (C=O) groups excluding carboxylic acids is 2. The van der Waals surface area contributed by atoms with Gasteiger partial charge in [-0.1, -0.05) is 6.92 Å². The first-order valence-corrected chi connectivity index (χ1v) is 7.85. The van der Waals surface area contributed by atoms with Gasteiger partial charge in [0.25, 0.3) is 0 Å². The molecule has 0 aliphatic carbocycles. The number of amides is 2. The summed E-state index contributed by atoms with van der Waals surface area (Å²) < 4.78 is 15.5. The van der Waals surface area contributed by atoms with Crippen molar-refractivity contribution in [2.75, 3.05) is 59.8 Å². The maximum Gasteiger partial charge on any atom is 0.317 e. The minimum atomic E-state index is -0.0951. The lowest BCUT2D eigenvalue weighted by Gasteiger charge is -2.30. The first-order valence-electron chi connectivity index (χ1n) is 7.85. The zero-order chi connectivity index (χ0) is 16.2. The Hall–Kier alpha value is -1.18. The molecule has 7 nitrogen and oxygen atoms in total. The Kier molecular flexibility index (Phi) is 9.77. The zero-order valence-corrected chi connectivity index (χ0v) is 13.6. The summed E-state index contributed by atoms with van der Waals surface area (Å²) in [6.45, 7) is 6.32. The monoisotopic (exact) mass is 316 g/mol. The largest absolute Gasteiger partial charge is 0.382 e. The second kappa shape index (κ2) is 11.4. The van der Waals surface area contributed by atoms with Gasteiger partial charge in [-0.15, -0.1) is 0 Å². The van der Waals surface area contributed by atoms with E-state index in [-0.39, 0.29) is 17.7 Å². The Morgan fingerprint density at radius 2 is 1.91 bits per heavy atom. The fraction of sp³-hybridized carbons (Fsp3) is 0.867. The summed E-state index contributed by atoms with van der Waals surface area (Å²) in [6.07, 6.45) is 1.22. The van der Waals surface area contributed by atoms with Crippen LogP contribution in [0.1, 0.15) is 19.8 Å². The van der Waals surface area contributed by atoms with Crippen molar-refractivity contribution in [2.45, 2.75) is 19.8 Å². The van der Waals surface area contributed by atoms with Crippen molar-refractivity contribution in [1.29, 1.82) is 0 Å². The lowest BCUT2D eigenvalue weighted by atomic mass is 9.99. The Morgan fingerprint density at radius 3 is 2.59 bits per heavy atom. The highest BCUT2D eigenvalue weighted by Crippen LogP contribution is 2.11. The highest BCUT2D eigenvalue weighted by Gasteiger charge is 2.26. The second-order valence-corrected chi connectivity index (χ2v) is 5.37. The van der Waals surface area contributed by atoms with Crippen LogP contribution in [0.4, 0.5) is 4.79 Å². The molecule has 0 aromatic rings. The molecule has 7 heteroatoms. The summed E-state index contributed by atoms with van der Waals surface area (Å²) in [7, 11) is 1.64. The van der Waals surface area contributed by atoms with E-state index in [4.69, 9.17) is 14.2 Å². The molecule has 2 amide bonds. The van der Waals surface area contributed by atoms with E-state index in [0.717, 1.165) is 6.42 Å². The molecule has 0 bridgehead atoms. The fourth-order valence-electron chi connectivity index (χ4n) is 2.15. The molecule has 0 saturated carbocycles. The van der Waals surface area contributed by atoms with Crippen molar-refractivity contribution >= 4 is 11.8 Å². The summed E-state index contributed by atoms with van der Waals surface area (Å²) in [5, 5.41) is 2.85. The molecule has 0 aromatic heterocycles. The van der Waals surface area contributed by atoms with E-state index < -0.39 is 0 Å². The number of rotatable bonds is 10. The number of hydrogen-bond donors (Lipinski definition) is 1. The standard InChI is InChI=1S/C15H28N2O5/c1-13-12-17(6-4-14(13)18)15(19)16-5-3-7-21-10-11-22-9-8-20-2/h13H,3-12H2,1-2H3,(H,16,19)/t13-/m0/s1. The summed E-state index contributed by atoms with van der Waals surface area (Å²) in [6, 6.07) is -0.0951. The molecule has 1 N–H and O–H groups in total. The average molecular weight is 316 g/mol. The summed E-state index contributed by atoms with van der Waals surface area (Å²) in [5.41, 5.74) is 0. The first-order chi connectivity index (χ1) is 10.6.